The van der Waals surface area contributed by atoms with Crippen molar-refractivity contribution in [3.63, 3.8) is 0 Å². The second-order valence-electron chi connectivity index (χ2n) is 3.63. The molecule has 0 radical (unpaired) electrons. The Hall–Kier alpha value is -1.95. The SMILES string of the molecule is CCOC(C(=O)O)c1cc(OC)c(OC)c(OC)c1. The molecule has 1 N–H and O–H groups in total. The minimum absolute atomic E-state index is 0.285. The molecule has 1 rings (SSSR count). The topological polar surface area (TPSA) is 74.2 Å². The highest BCUT2D eigenvalue weighted by atomic mass is 16.5. The number of carboxylic acid groups (broad SMARTS) is 1. The largest absolute Gasteiger partial charge is 0.493 e. The van der Waals surface area contributed by atoms with Gasteiger partial charge in [0.15, 0.2) is 17.6 Å². The van der Waals surface area contributed by atoms with Crippen LogP contribution in [0.5, 0.6) is 17.2 Å². The maximum absolute atomic E-state index is 11.2. The standard InChI is InChI=1S/C13H18O6/c1-5-19-11(13(14)15)8-6-9(16-2)12(18-4)10(7-8)17-3/h6-7,11H,5H2,1-4H3,(H,14,15). The van der Waals surface area contributed by atoms with E-state index in [1.807, 2.05) is 0 Å². The normalized spacial score (nSPS) is 11.8. The molecule has 0 saturated heterocycles. The maximum Gasteiger partial charge on any atom is 0.337 e. The maximum atomic E-state index is 11.2. The quantitative estimate of drug-likeness (QED) is 0.815. The molecule has 0 aromatic heterocycles. The zero-order valence-corrected chi connectivity index (χ0v) is 11.4. The van der Waals surface area contributed by atoms with Gasteiger partial charge in [0.25, 0.3) is 0 Å². The van der Waals surface area contributed by atoms with Crippen LogP contribution in [0.3, 0.4) is 0 Å². The van der Waals surface area contributed by atoms with Gasteiger partial charge >= 0.3 is 5.97 Å². The van der Waals surface area contributed by atoms with E-state index in [4.69, 9.17) is 18.9 Å². The second-order valence-corrected chi connectivity index (χ2v) is 3.63. The molecule has 0 bridgehead atoms. The Morgan fingerprint density at radius 2 is 1.68 bits per heavy atom. The van der Waals surface area contributed by atoms with Crippen LogP contribution in [0, 0.1) is 0 Å². The summed E-state index contributed by atoms with van der Waals surface area (Å²) in [4.78, 5) is 11.2. The van der Waals surface area contributed by atoms with E-state index in [0.29, 0.717) is 22.8 Å². The van der Waals surface area contributed by atoms with E-state index in [2.05, 4.69) is 0 Å². The lowest BCUT2D eigenvalue weighted by molar-refractivity contribution is -0.150. The first-order valence-corrected chi connectivity index (χ1v) is 5.73. The number of benzene rings is 1. The summed E-state index contributed by atoms with van der Waals surface area (Å²) in [5.41, 5.74) is 0.434. The molecule has 1 aromatic rings. The number of hydrogen-bond acceptors (Lipinski definition) is 5. The van der Waals surface area contributed by atoms with E-state index in [0.717, 1.165) is 0 Å². The fourth-order valence-corrected chi connectivity index (χ4v) is 1.73. The molecule has 0 amide bonds. The molecule has 6 nitrogen and oxygen atoms in total. The Kier molecular flexibility index (Phi) is 5.44. The molecule has 0 spiro atoms. The van der Waals surface area contributed by atoms with Gasteiger partial charge < -0.3 is 24.1 Å². The van der Waals surface area contributed by atoms with Crippen molar-refractivity contribution in [1.82, 2.24) is 0 Å². The van der Waals surface area contributed by atoms with Crippen LogP contribution in [0.15, 0.2) is 12.1 Å². The van der Waals surface area contributed by atoms with Crippen molar-refractivity contribution in [3.8, 4) is 17.2 Å². The number of aliphatic carboxylic acids is 1. The summed E-state index contributed by atoms with van der Waals surface area (Å²) < 4.78 is 20.7. The summed E-state index contributed by atoms with van der Waals surface area (Å²) in [5, 5.41) is 9.17. The molecule has 1 aromatic carbocycles. The van der Waals surface area contributed by atoms with Gasteiger partial charge in [-0.2, -0.15) is 0 Å². The third kappa shape index (κ3) is 3.29. The summed E-state index contributed by atoms with van der Waals surface area (Å²) in [5.74, 6) is 0.121. The van der Waals surface area contributed by atoms with Gasteiger partial charge in [0.05, 0.1) is 21.3 Å². The van der Waals surface area contributed by atoms with Crippen LogP contribution >= 0.6 is 0 Å². The Bertz CT molecular complexity index is 418. The fraction of sp³-hybridized carbons (Fsp3) is 0.462. The molecule has 1 unspecified atom stereocenters. The molecule has 1 atom stereocenters. The Labute approximate surface area is 111 Å². The molecular formula is C13H18O6. The zero-order chi connectivity index (χ0) is 14.4. The highest BCUT2D eigenvalue weighted by molar-refractivity contribution is 5.75. The highest BCUT2D eigenvalue weighted by Crippen LogP contribution is 2.40. The molecule has 106 valence electrons. The van der Waals surface area contributed by atoms with Crippen LogP contribution < -0.4 is 14.2 Å². The lowest BCUT2D eigenvalue weighted by Crippen LogP contribution is -2.15. The third-order valence-corrected chi connectivity index (χ3v) is 2.55. The first-order valence-electron chi connectivity index (χ1n) is 5.73. The molecular weight excluding hydrogens is 252 g/mol. The van der Waals surface area contributed by atoms with Crippen molar-refractivity contribution in [3.05, 3.63) is 17.7 Å². The molecule has 19 heavy (non-hydrogen) atoms. The molecule has 0 fully saturated rings. The van der Waals surface area contributed by atoms with Crippen LogP contribution in [0.4, 0.5) is 0 Å². The van der Waals surface area contributed by atoms with Crippen molar-refractivity contribution in [2.24, 2.45) is 0 Å². The highest BCUT2D eigenvalue weighted by Gasteiger charge is 2.24. The van der Waals surface area contributed by atoms with Gasteiger partial charge in [0.1, 0.15) is 0 Å². The Morgan fingerprint density at radius 1 is 1.16 bits per heavy atom. The number of rotatable bonds is 7. The Morgan fingerprint density at radius 3 is 2.00 bits per heavy atom. The van der Waals surface area contributed by atoms with Gasteiger partial charge in [-0.3, -0.25) is 0 Å². The minimum Gasteiger partial charge on any atom is -0.493 e. The van der Waals surface area contributed by atoms with Crippen molar-refractivity contribution in [1.29, 1.82) is 0 Å². The van der Waals surface area contributed by atoms with E-state index >= 15 is 0 Å². The summed E-state index contributed by atoms with van der Waals surface area (Å²) in [7, 11) is 4.42. The lowest BCUT2D eigenvalue weighted by Gasteiger charge is -2.17. The molecule has 0 heterocycles. The monoisotopic (exact) mass is 270 g/mol. The number of ether oxygens (including phenoxy) is 4. The van der Waals surface area contributed by atoms with Crippen molar-refractivity contribution >= 4 is 5.97 Å². The van der Waals surface area contributed by atoms with Crippen molar-refractivity contribution in [2.45, 2.75) is 13.0 Å². The average molecular weight is 270 g/mol. The molecule has 0 aliphatic heterocycles. The van der Waals surface area contributed by atoms with Gasteiger partial charge in [-0.25, -0.2) is 4.79 Å². The van der Waals surface area contributed by atoms with Gasteiger partial charge in [0.2, 0.25) is 5.75 Å². The second kappa shape index (κ2) is 6.84. The van der Waals surface area contributed by atoms with Gasteiger partial charge in [0, 0.05) is 6.61 Å². The third-order valence-electron chi connectivity index (χ3n) is 2.55. The van der Waals surface area contributed by atoms with Crippen LogP contribution in [0.1, 0.15) is 18.6 Å². The van der Waals surface area contributed by atoms with Crippen LogP contribution in [-0.4, -0.2) is 39.0 Å². The molecule has 6 heteroatoms. The number of carbonyl (C=O) groups is 1. The predicted octanol–water partition coefficient (Wildman–Crippen LogP) is 1.87. The lowest BCUT2D eigenvalue weighted by atomic mass is 10.1. The van der Waals surface area contributed by atoms with E-state index in [1.165, 1.54) is 21.3 Å². The van der Waals surface area contributed by atoms with Crippen LogP contribution in [0.25, 0.3) is 0 Å². The molecule has 0 aliphatic carbocycles. The summed E-state index contributed by atoms with van der Waals surface area (Å²) in [6, 6.07) is 3.13. The van der Waals surface area contributed by atoms with Crippen LogP contribution in [0.2, 0.25) is 0 Å². The predicted molar refractivity (Wildman–Crippen MR) is 68.1 cm³/mol. The summed E-state index contributed by atoms with van der Waals surface area (Å²) in [6.07, 6.45) is -1.07. The van der Waals surface area contributed by atoms with E-state index in [1.54, 1.807) is 19.1 Å². The van der Waals surface area contributed by atoms with Crippen molar-refractivity contribution < 1.29 is 28.8 Å². The minimum atomic E-state index is -1.07. The van der Waals surface area contributed by atoms with Gasteiger partial charge in [-0.15, -0.1) is 0 Å². The van der Waals surface area contributed by atoms with E-state index in [9.17, 15) is 9.90 Å². The summed E-state index contributed by atoms with van der Waals surface area (Å²) in [6.45, 7) is 2.02. The van der Waals surface area contributed by atoms with E-state index < -0.39 is 12.1 Å². The number of carboxylic acids is 1. The molecule has 0 aliphatic rings. The zero-order valence-electron chi connectivity index (χ0n) is 11.4. The first-order chi connectivity index (χ1) is 9.08. The number of hydrogen-bond donors (Lipinski definition) is 1. The smallest absolute Gasteiger partial charge is 0.337 e. The Balaban J connectivity index is 3.31. The van der Waals surface area contributed by atoms with Gasteiger partial charge in [-0.1, -0.05) is 0 Å². The summed E-state index contributed by atoms with van der Waals surface area (Å²) >= 11 is 0. The first kappa shape index (κ1) is 15.1. The number of methoxy groups -OCH3 is 3. The van der Waals surface area contributed by atoms with Crippen LogP contribution in [-0.2, 0) is 9.53 Å². The van der Waals surface area contributed by atoms with E-state index in [-0.39, 0.29) is 6.61 Å². The van der Waals surface area contributed by atoms with Crippen molar-refractivity contribution in [2.75, 3.05) is 27.9 Å². The average Bonchev–Trinajstić information content (AvgIpc) is 2.42. The molecule has 0 saturated carbocycles. The van der Waals surface area contributed by atoms with Gasteiger partial charge in [-0.05, 0) is 24.6 Å². The fourth-order valence-electron chi connectivity index (χ4n) is 1.73.